The van der Waals surface area contributed by atoms with Crippen LogP contribution < -0.4 is 0 Å². The van der Waals surface area contributed by atoms with Crippen molar-refractivity contribution in [1.29, 1.82) is 0 Å². The quantitative estimate of drug-likeness (QED) is 0.475. The van der Waals surface area contributed by atoms with Crippen LogP contribution in [0.2, 0.25) is 0 Å². The molecule has 0 aromatic rings. The normalized spacial score (nSPS) is 54.9. The molecule has 0 aromatic carbocycles. The zero-order valence-electron chi connectivity index (χ0n) is 18.0. The second kappa shape index (κ2) is 7.02. The number of fused-ring (bicyclic) bond motifs is 5. The van der Waals surface area contributed by atoms with Crippen LogP contribution in [-0.4, -0.2) is 6.10 Å². The van der Waals surface area contributed by atoms with E-state index in [0.29, 0.717) is 16.9 Å². The Labute approximate surface area is 165 Å². The van der Waals surface area contributed by atoms with Gasteiger partial charge in [0.15, 0.2) is 0 Å². The van der Waals surface area contributed by atoms with Crippen molar-refractivity contribution in [2.75, 3.05) is 0 Å². The monoisotopic (exact) mass is 378 g/mol. The second-order valence-corrected chi connectivity index (χ2v) is 11.7. The summed E-state index contributed by atoms with van der Waals surface area (Å²) in [6.07, 6.45) is 13.4. The number of hydrogen-bond acceptors (Lipinski definition) is 1. The molecule has 2 heteroatoms. The highest BCUT2D eigenvalue weighted by atomic mass is 31.0. The lowest BCUT2D eigenvalue weighted by Gasteiger charge is -2.63. The largest absolute Gasteiger partial charge is 0.362 e. The van der Waals surface area contributed by atoms with E-state index in [2.05, 4.69) is 44.1 Å². The molecule has 0 bridgehead atoms. The third-order valence-electron chi connectivity index (χ3n) is 10.5. The van der Waals surface area contributed by atoms with Crippen molar-refractivity contribution >= 4 is 9.47 Å². The van der Waals surface area contributed by atoms with E-state index in [1.165, 1.54) is 57.8 Å². The highest BCUT2D eigenvalue weighted by Gasteiger charge is 2.62. The predicted molar refractivity (Wildman–Crippen MR) is 114 cm³/mol. The fourth-order valence-corrected chi connectivity index (χ4v) is 9.11. The third kappa shape index (κ3) is 2.77. The van der Waals surface area contributed by atoms with Gasteiger partial charge in [0, 0.05) is 9.47 Å². The van der Waals surface area contributed by atoms with E-state index in [1.807, 2.05) is 0 Å². The van der Waals surface area contributed by atoms with E-state index in [4.69, 9.17) is 4.52 Å². The van der Waals surface area contributed by atoms with Crippen molar-refractivity contribution in [2.24, 2.45) is 52.3 Å². The van der Waals surface area contributed by atoms with Crippen LogP contribution in [0.4, 0.5) is 0 Å². The van der Waals surface area contributed by atoms with Gasteiger partial charge in [-0.05, 0) is 97.2 Å². The van der Waals surface area contributed by atoms with Gasteiger partial charge in [0.25, 0.3) is 0 Å². The molecule has 1 nitrogen and oxygen atoms in total. The van der Waals surface area contributed by atoms with Gasteiger partial charge in [-0.25, -0.2) is 0 Å². The Morgan fingerprint density at radius 3 is 2.38 bits per heavy atom. The lowest BCUT2D eigenvalue weighted by Crippen LogP contribution is -2.58. The summed E-state index contributed by atoms with van der Waals surface area (Å²) in [7, 11) is 2.67. The number of rotatable bonds is 3. The smallest absolute Gasteiger partial charge is 0.0647 e. The maximum absolute atomic E-state index is 6.18. The summed E-state index contributed by atoms with van der Waals surface area (Å²) in [5.41, 5.74) is 1.16. The van der Waals surface area contributed by atoms with E-state index in [-0.39, 0.29) is 0 Å². The van der Waals surface area contributed by atoms with E-state index >= 15 is 0 Å². The molecule has 0 aromatic heterocycles. The summed E-state index contributed by atoms with van der Waals surface area (Å²) in [4.78, 5) is 0. The number of hydrogen-bond donors (Lipinski definition) is 0. The average molecular weight is 379 g/mol. The average Bonchev–Trinajstić information content (AvgIpc) is 2.98. The summed E-state index contributed by atoms with van der Waals surface area (Å²) in [6, 6.07) is 0. The molecular formula is C24H43OP. The summed E-state index contributed by atoms with van der Waals surface area (Å²) in [5.74, 6) is 6.28. The Morgan fingerprint density at radius 2 is 1.69 bits per heavy atom. The summed E-state index contributed by atoms with van der Waals surface area (Å²) in [6.45, 7) is 12.8. The Morgan fingerprint density at radius 1 is 1.00 bits per heavy atom. The minimum absolute atomic E-state index is 0.494. The van der Waals surface area contributed by atoms with Gasteiger partial charge in [0.1, 0.15) is 0 Å². The van der Waals surface area contributed by atoms with Gasteiger partial charge in [0.05, 0.1) is 6.10 Å². The van der Waals surface area contributed by atoms with E-state index < -0.39 is 0 Å². The topological polar surface area (TPSA) is 9.23 Å². The third-order valence-corrected chi connectivity index (χ3v) is 10.8. The molecule has 0 aliphatic heterocycles. The zero-order chi connectivity index (χ0) is 18.7. The highest BCUT2D eigenvalue weighted by Crippen LogP contribution is 2.69. The van der Waals surface area contributed by atoms with Gasteiger partial charge in [0.2, 0.25) is 0 Å². The van der Waals surface area contributed by atoms with Gasteiger partial charge in [-0.2, -0.15) is 0 Å². The van der Waals surface area contributed by atoms with Gasteiger partial charge in [-0.3, -0.25) is 0 Å². The van der Waals surface area contributed by atoms with Gasteiger partial charge < -0.3 is 4.52 Å². The van der Waals surface area contributed by atoms with Crippen LogP contribution in [0, 0.1) is 52.3 Å². The lowest BCUT2D eigenvalue weighted by atomic mass is 9.43. The zero-order valence-corrected chi connectivity index (χ0v) is 19.1. The first kappa shape index (κ1) is 19.7. The maximum Gasteiger partial charge on any atom is 0.0647 e. The SMILES string of the molecule is CC[C@@H](C)[C@H]1CCC2[C@@H]3C(OP)C[C@@H]4C[C@@H](C)CC[C@]4(C)C3CC[C@@]21C. The summed E-state index contributed by atoms with van der Waals surface area (Å²) in [5, 5.41) is 0. The molecule has 150 valence electrons. The van der Waals surface area contributed by atoms with Crippen molar-refractivity contribution in [3.05, 3.63) is 0 Å². The Balaban J connectivity index is 1.66. The molecule has 4 saturated carbocycles. The van der Waals surface area contributed by atoms with Crippen molar-refractivity contribution in [1.82, 2.24) is 0 Å². The first-order valence-corrected chi connectivity index (χ1v) is 12.2. The van der Waals surface area contributed by atoms with Crippen LogP contribution in [0.1, 0.15) is 92.4 Å². The van der Waals surface area contributed by atoms with Crippen LogP contribution in [0.5, 0.6) is 0 Å². The van der Waals surface area contributed by atoms with E-state index in [1.54, 1.807) is 0 Å². The van der Waals surface area contributed by atoms with Crippen LogP contribution in [0.15, 0.2) is 0 Å². The molecule has 4 aliphatic rings. The molecule has 4 aliphatic carbocycles. The Bertz CT molecular complexity index is 520. The van der Waals surface area contributed by atoms with Gasteiger partial charge in [-0.1, -0.05) is 47.5 Å². The fraction of sp³-hybridized carbons (Fsp3) is 1.00. The fourth-order valence-electron chi connectivity index (χ4n) is 8.81. The minimum Gasteiger partial charge on any atom is -0.362 e. The van der Waals surface area contributed by atoms with Crippen molar-refractivity contribution in [2.45, 2.75) is 98.5 Å². The van der Waals surface area contributed by atoms with Crippen molar-refractivity contribution in [3.8, 4) is 0 Å². The van der Waals surface area contributed by atoms with Crippen molar-refractivity contribution < 1.29 is 4.52 Å². The maximum atomic E-state index is 6.18. The van der Waals surface area contributed by atoms with E-state index in [9.17, 15) is 0 Å². The van der Waals surface area contributed by atoms with Gasteiger partial charge in [-0.15, -0.1) is 0 Å². The second-order valence-electron chi connectivity index (χ2n) is 11.4. The summed E-state index contributed by atoms with van der Waals surface area (Å²) < 4.78 is 6.18. The van der Waals surface area contributed by atoms with Gasteiger partial charge >= 0.3 is 0 Å². The molecule has 0 N–H and O–H groups in total. The van der Waals surface area contributed by atoms with Crippen LogP contribution >= 0.6 is 9.47 Å². The van der Waals surface area contributed by atoms with Crippen LogP contribution in [0.25, 0.3) is 0 Å². The Kier molecular flexibility index (Phi) is 5.32. The highest BCUT2D eigenvalue weighted by molar-refractivity contribution is 7.09. The first-order chi connectivity index (χ1) is 12.3. The Hall–Kier alpha value is 0.390. The molecule has 4 unspecified atom stereocenters. The molecule has 0 saturated heterocycles. The molecule has 11 atom stereocenters. The van der Waals surface area contributed by atoms with Crippen LogP contribution in [0.3, 0.4) is 0 Å². The minimum atomic E-state index is 0.494. The molecular weight excluding hydrogens is 335 g/mol. The van der Waals surface area contributed by atoms with E-state index in [0.717, 1.165) is 41.4 Å². The first-order valence-electron chi connectivity index (χ1n) is 11.7. The standard InChI is InChI=1S/C24H43OP/c1-6-16(3)18-7-8-19-22-20(10-12-24(18,19)5)23(4)11-9-15(2)13-17(23)14-21(22)25-26/h15-22H,6-14,26H2,1-5H3/t15-,16+,17-,18+,19?,20?,21?,22-,23-,24+/m0/s1. The van der Waals surface area contributed by atoms with Crippen LogP contribution in [-0.2, 0) is 4.52 Å². The van der Waals surface area contributed by atoms with Crippen molar-refractivity contribution in [3.63, 3.8) is 0 Å². The summed E-state index contributed by atoms with van der Waals surface area (Å²) >= 11 is 0. The molecule has 0 heterocycles. The molecule has 0 amide bonds. The molecule has 0 spiro atoms. The molecule has 0 radical (unpaired) electrons. The molecule has 4 fully saturated rings. The molecule has 26 heavy (non-hydrogen) atoms. The predicted octanol–water partition coefficient (Wildman–Crippen LogP) is 7.11. The molecule has 4 rings (SSSR count). The lowest BCUT2D eigenvalue weighted by molar-refractivity contribution is -0.159.